The number of rotatable bonds is 0. The molecule has 0 radical (unpaired) electrons. The first-order chi connectivity index (χ1) is 5.70. The Bertz CT molecular complexity index is 433. The van der Waals surface area contributed by atoms with Gasteiger partial charge in [0, 0.05) is 11.7 Å². The topological polar surface area (TPSA) is 15.8 Å². The van der Waals surface area contributed by atoms with E-state index in [4.69, 9.17) is 4.11 Å². The third-order valence-corrected chi connectivity index (χ3v) is 1.24. The standard InChI is InChI=1S/C8H7N/c1-2-4-8-7(3-1)5-6-9-8/h1-6,9H/i1+1,2D,3D,4D. The van der Waals surface area contributed by atoms with Crippen LogP contribution < -0.4 is 0 Å². The number of fused-ring (bicyclic) bond motifs is 1. The van der Waals surface area contributed by atoms with Crippen LogP contribution in [0, 0.1) is 0 Å². The number of H-pyrrole nitrogens is 1. The smallest absolute Gasteiger partial charge is 0.0645 e. The molecule has 0 saturated carbocycles. The molecule has 0 spiro atoms. The summed E-state index contributed by atoms with van der Waals surface area (Å²) in [5.74, 6) is 0. The fraction of sp³-hybridized carbons (Fsp3) is 0. The van der Waals surface area contributed by atoms with E-state index in [9.17, 15) is 0 Å². The molecule has 1 heterocycles. The molecule has 1 aromatic heterocycles. The minimum absolute atomic E-state index is 0.0925. The van der Waals surface area contributed by atoms with Crippen LogP contribution in [0.1, 0.15) is 4.11 Å². The number of aromatic amines is 1. The largest absolute Gasteiger partial charge is 0.361 e. The molecule has 0 saturated heterocycles. The Labute approximate surface area is 57.5 Å². The lowest BCUT2D eigenvalue weighted by Gasteiger charge is -1.83. The summed E-state index contributed by atoms with van der Waals surface area (Å²) >= 11 is 0. The zero-order chi connectivity index (χ0) is 8.72. The predicted molar refractivity (Wildman–Crippen MR) is 38.3 cm³/mol. The summed E-state index contributed by atoms with van der Waals surface area (Å²) < 4.78 is 22.3. The molecule has 1 heteroatoms. The van der Waals surface area contributed by atoms with Crippen LogP contribution in [0.3, 0.4) is 0 Å². The van der Waals surface area contributed by atoms with Gasteiger partial charge in [-0.05, 0) is 17.5 Å². The molecule has 1 nitrogen and oxygen atoms in total. The Kier molecular flexibility index (Phi) is 0.462. The van der Waals surface area contributed by atoms with E-state index in [1.807, 2.05) is 0 Å². The van der Waals surface area contributed by atoms with Gasteiger partial charge in [-0.15, -0.1) is 0 Å². The molecule has 9 heavy (non-hydrogen) atoms. The molecule has 0 amide bonds. The highest BCUT2D eigenvalue weighted by atomic mass is 14.7. The molecular formula is C8H7N. The van der Waals surface area contributed by atoms with Crippen LogP contribution in [0.25, 0.3) is 10.9 Å². The maximum atomic E-state index is 7.50. The van der Waals surface area contributed by atoms with Gasteiger partial charge in [0.2, 0.25) is 0 Å². The van der Waals surface area contributed by atoms with Gasteiger partial charge in [0.25, 0.3) is 0 Å². The molecule has 0 aliphatic rings. The van der Waals surface area contributed by atoms with Gasteiger partial charge in [-0.1, -0.05) is 18.2 Å². The summed E-state index contributed by atoms with van der Waals surface area (Å²) in [7, 11) is 0. The number of nitrogens with one attached hydrogen (secondary N) is 1. The Balaban J connectivity index is 2.97. The van der Waals surface area contributed by atoms with Crippen molar-refractivity contribution in [2.75, 3.05) is 0 Å². The van der Waals surface area contributed by atoms with Gasteiger partial charge in [-0.2, -0.15) is 0 Å². The summed E-state index contributed by atoms with van der Waals surface area (Å²) in [5, 5.41) is 0.705. The molecule has 0 fully saturated rings. The zero-order valence-corrected chi connectivity index (χ0v) is 4.73. The van der Waals surface area contributed by atoms with E-state index in [1.54, 1.807) is 12.3 Å². The number of para-hydroxylation sites is 1. The van der Waals surface area contributed by atoms with Crippen molar-refractivity contribution in [2.45, 2.75) is 0 Å². The van der Waals surface area contributed by atoms with Gasteiger partial charge < -0.3 is 4.98 Å². The van der Waals surface area contributed by atoms with E-state index in [0.717, 1.165) is 0 Å². The molecule has 2 rings (SSSR count). The summed E-state index contributed by atoms with van der Waals surface area (Å²) in [6.45, 7) is 0. The van der Waals surface area contributed by atoms with Crippen molar-refractivity contribution in [1.29, 1.82) is 0 Å². The van der Waals surface area contributed by atoms with Crippen molar-refractivity contribution in [1.82, 2.24) is 4.98 Å². The Hall–Kier alpha value is -1.24. The summed E-state index contributed by atoms with van der Waals surface area (Å²) in [4.78, 5) is 2.84. The van der Waals surface area contributed by atoms with Gasteiger partial charge in [0.1, 0.15) is 0 Å². The number of aromatic nitrogens is 1. The zero-order valence-electron chi connectivity index (χ0n) is 7.73. The van der Waals surface area contributed by atoms with Crippen LogP contribution in [0.4, 0.5) is 0 Å². The van der Waals surface area contributed by atoms with Crippen molar-refractivity contribution in [3.63, 3.8) is 0 Å². The highest BCUT2D eigenvalue weighted by Crippen LogP contribution is 2.09. The molecule has 0 aliphatic carbocycles. The summed E-state index contributed by atoms with van der Waals surface area (Å²) in [6.07, 6.45) is 1.68. The van der Waals surface area contributed by atoms with Crippen LogP contribution in [-0.2, 0) is 0 Å². The van der Waals surface area contributed by atoms with Crippen LogP contribution in [-0.4, -0.2) is 4.98 Å². The first-order valence-electron chi connectivity index (χ1n) is 4.24. The first-order valence-corrected chi connectivity index (χ1v) is 2.74. The number of hydrogen-bond acceptors (Lipinski definition) is 0. The quantitative estimate of drug-likeness (QED) is 0.549. The molecule has 0 aliphatic heterocycles. The van der Waals surface area contributed by atoms with Crippen molar-refractivity contribution >= 4 is 10.9 Å². The van der Waals surface area contributed by atoms with Gasteiger partial charge in [-0.25, -0.2) is 0 Å². The van der Waals surface area contributed by atoms with E-state index in [2.05, 4.69) is 4.98 Å². The van der Waals surface area contributed by atoms with Crippen LogP contribution in [0.5, 0.6) is 0 Å². The molecule has 0 unspecified atom stereocenters. The third-order valence-electron chi connectivity index (χ3n) is 1.24. The van der Waals surface area contributed by atoms with Gasteiger partial charge in [-0.3, -0.25) is 0 Å². The number of benzene rings is 1. The van der Waals surface area contributed by atoms with Crippen molar-refractivity contribution < 1.29 is 4.11 Å². The maximum Gasteiger partial charge on any atom is 0.0645 e. The maximum absolute atomic E-state index is 7.50. The second kappa shape index (κ2) is 1.62. The average molecular weight is 121 g/mol. The lowest BCUT2D eigenvalue weighted by Crippen LogP contribution is -1.61. The highest BCUT2D eigenvalue weighted by molar-refractivity contribution is 5.78. The molecule has 0 bridgehead atoms. The predicted octanol–water partition coefficient (Wildman–Crippen LogP) is 2.17. The third kappa shape index (κ3) is 0.617. The SMILES string of the molecule is [2H]c1[13cH]c([2H])c2cc[nH]c2c1[2H]. The highest BCUT2D eigenvalue weighted by Gasteiger charge is 1.86. The van der Waals surface area contributed by atoms with E-state index in [0.29, 0.717) is 16.9 Å². The first kappa shape index (κ1) is 2.56. The molecule has 1 N–H and O–H groups in total. The van der Waals surface area contributed by atoms with Gasteiger partial charge in [0.15, 0.2) is 0 Å². The van der Waals surface area contributed by atoms with E-state index in [-0.39, 0.29) is 12.1 Å². The molecule has 0 atom stereocenters. The van der Waals surface area contributed by atoms with E-state index < -0.39 is 0 Å². The molecule has 1 aromatic carbocycles. The van der Waals surface area contributed by atoms with Crippen molar-refractivity contribution in [3.05, 3.63) is 36.5 Å². The van der Waals surface area contributed by atoms with Gasteiger partial charge >= 0.3 is 0 Å². The van der Waals surface area contributed by atoms with Crippen molar-refractivity contribution in [2.24, 2.45) is 0 Å². The molecule has 44 valence electrons. The normalized spacial score (nSPS) is 14.9. The van der Waals surface area contributed by atoms with Crippen molar-refractivity contribution in [3.8, 4) is 0 Å². The fourth-order valence-corrected chi connectivity index (χ4v) is 0.815. The van der Waals surface area contributed by atoms with E-state index >= 15 is 0 Å². The summed E-state index contributed by atoms with van der Waals surface area (Å²) in [6, 6.07) is 3.68. The summed E-state index contributed by atoms with van der Waals surface area (Å²) in [5.41, 5.74) is 0.576. The Morgan fingerprint density at radius 1 is 1.44 bits per heavy atom. The minimum Gasteiger partial charge on any atom is -0.361 e. The van der Waals surface area contributed by atoms with Gasteiger partial charge in [0.05, 0.1) is 4.11 Å². The Morgan fingerprint density at radius 3 is 3.44 bits per heavy atom. The molecule has 2 aromatic rings. The van der Waals surface area contributed by atoms with E-state index in [1.165, 1.54) is 6.07 Å². The lowest BCUT2D eigenvalue weighted by molar-refractivity contribution is 1.48. The monoisotopic (exact) mass is 121 g/mol. The minimum atomic E-state index is 0.0925. The number of hydrogen-bond donors (Lipinski definition) is 1. The lowest BCUT2D eigenvalue weighted by atomic mass is 10.3. The molecular weight excluding hydrogens is 111 g/mol. The van der Waals surface area contributed by atoms with Crippen LogP contribution in [0.2, 0.25) is 0 Å². The fourth-order valence-electron chi connectivity index (χ4n) is 0.815. The second-order valence-corrected chi connectivity index (χ2v) is 1.82. The second-order valence-electron chi connectivity index (χ2n) is 1.82. The average Bonchev–Trinajstić information content (AvgIpc) is 2.48. The Morgan fingerprint density at radius 2 is 2.44 bits per heavy atom. The van der Waals surface area contributed by atoms with Crippen LogP contribution in [0.15, 0.2) is 36.5 Å². The van der Waals surface area contributed by atoms with Crippen LogP contribution >= 0.6 is 0 Å².